The molecule has 4 rings (SSSR count). The number of hydrogen-bond donors (Lipinski definition) is 4. The van der Waals surface area contributed by atoms with Crippen LogP contribution in [0.25, 0.3) is 0 Å². The Morgan fingerprint density at radius 3 is 2.82 bits per heavy atom. The molecular weight excluding hydrogens is 506 g/mol. The molecule has 0 saturated heterocycles. The van der Waals surface area contributed by atoms with Gasteiger partial charge in [-0.25, -0.2) is 4.79 Å². The highest BCUT2D eigenvalue weighted by molar-refractivity contribution is 6.31. The number of nitrogens with zero attached hydrogens (tertiary/aromatic N) is 2. The van der Waals surface area contributed by atoms with Crippen molar-refractivity contribution < 1.29 is 19.4 Å². The van der Waals surface area contributed by atoms with Gasteiger partial charge in [-0.3, -0.25) is 9.78 Å². The molecule has 0 bridgehead atoms. The van der Waals surface area contributed by atoms with Gasteiger partial charge in [0.1, 0.15) is 11.9 Å². The quantitative estimate of drug-likeness (QED) is 0.403. The average Bonchev–Trinajstić information content (AvgIpc) is 2.94. The molecule has 38 heavy (non-hydrogen) atoms. The molecule has 2 aliphatic rings. The number of pyridine rings is 1. The Balaban J connectivity index is 1.48. The van der Waals surface area contributed by atoms with E-state index >= 15 is 0 Å². The lowest BCUT2D eigenvalue weighted by atomic mass is 9.96. The van der Waals surface area contributed by atoms with Crippen molar-refractivity contribution in [2.24, 2.45) is 5.92 Å². The lowest BCUT2D eigenvalue weighted by molar-refractivity contribution is -0.131. The van der Waals surface area contributed by atoms with E-state index in [1.807, 2.05) is 25.1 Å². The lowest BCUT2D eigenvalue weighted by Crippen LogP contribution is -2.43. The van der Waals surface area contributed by atoms with Gasteiger partial charge in [0.2, 0.25) is 5.91 Å². The van der Waals surface area contributed by atoms with Crippen molar-refractivity contribution in [3.8, 4) is 5.75 Å². The highest BCUT2D eigenvalue weighted by Crippen LogP contribution is 2.28. The fourth-order valence-corrected chi connectivity index (χ4v) is 5.29. The van der Waals surface area contributed by atoms with Gasteiger partial charge in [-0.1, -0.05) is 37.8 Å². The maximum atomic E-state index is 13.2. The number of benzene rings is 1. The predicted molar refractivity (Wildman–Crippen MR) is 147 cm³/mol. The lowest BCUT2D eigenvalue weighted by Gasteiger charge is -2.29. The summed E-state index contributed by atoms with van der Waals surface area (Å²) in [5.41, 5.74) is 2.25. The zero-order valence-electron chi connectivity index (χ0n) is 21.9. The molecule has 1 fully saturated rings. The van der Waals surface area contributed by atoms with Crippen LogP contribution in [0.3, 0.4) is 0 Å². The van der Waals surface area contributed by atoms with E-state index in [2.05, 4.69) is 20.9 Å². The molecule has 206 valence electrons. The number of rotatable bonds is 8. The molecule has 3 amide bonds. The summed E-state index contributed by atoms with van der Waals surface area (Å²) >= 11 is 6.25. The number of nitrogens with one attached hydrogen (secondary N) is 3. The second-order valence-electron chi connectivity index (χ2n) is 10.2. The number of β-amino-alcohol motifs (C(OH)–C–C–N with tert-alkyl or cyclic N) is 1. The molecule has 1 aromatic carbocycles. The smallest absolute Gasteiger partial charge is 0.319 e. The highest BCUT2D eigenvalue weighted by atomic mass is 35.5. The molecule has 1 aliphatic heterocycles. The number of aliphatic hydroxyl groups excluding tert-OH is 1. The van der Waals surface area contributed by atoms with Gasteiger partial charge < -0.3 is 30.7 Å². The zero-order valence-corrected chi connectivity index (χ0v) is 22.7. The molecule has 1 aromatic heterocycles. The second kappa shape index (κ2) is 13.8. The van der Waals surface area contributed by atoms with Gasteiger partial charge in [0.05, 0.1) is 18.1 Å². The first-order chi connectivity index (χ1) is 18.4. The molecule has 2 atom stereocenters. The fourth-order valence-electron chi connectivity index (χ4n) is 5.11. The molecule has 4 N–H and O–H groups in total. The molecular formula is C28H38ClN5O4. The van der Waals surface area contributed by atoms with Gasteiger partial charge >= 0.3 is 6.03 Å². The molecule has 1 saturated carbocycles. The van der Waals surface area contributed by atoms with Crippen molar-refractivity contribution in [1.82, 2.24) is 20.5 Å². The summed E-state index contributed by atoms with van der Waals surface area (Å²) in [7, 11) is 0. The summed E-state index contributed by atoms with van der Waals surface area (Å²) in [5, 5.41) is 19.6. The fraction of sp³-hybridized carbons (Fsp3) is 0.536. The highest BCUT2D eigenvalue weighted by Gasteiger charge is 2.28. The third-order valence-electron chi connectivity index (χ3n) is 7.26. The first kappa shape index (κ1) is 28.1. The van der Waals surface area contributed by atoms with Crippen molar-refractivity contribution in [3.05, 3.63) is 52.8 Å². The average molecular weight is 544 g/mol. The van der Waals surface area contributed by atoms with Crippen LogP contribution in [0.5, 0.6) is 5.75 Å². The molecule has 2 heterocycles. The number of halogens is 1. The molecule has 0 spiro atoms. The van der Waals surface area contributed by atoms with Crippen molar-refractivity contribution in [2.45, 2.75) is 64.1 Å². The van der Waals surface area contributed by atoms with E-state index in [4.69, 9.17) is 16.3 Å². The van der Waals surface area contributed by atoms with Crippen LogP contribution in [0.2, 0.25) is 5.02 Å². The third kappa shape index (κ3) is 7.82. The summed E-state index contributed by atoms with van der Waals surface area (Å²) in [6, 6.07) is 7.27. The number of fused-ring (bicyclic) bond motifs is 1. The van der Waals surface area contributed by atoms with Gasteiger partial charge in [0, 0.05) is 61.8 Å². The van der Waals surface area contributed by atoms with E-state index < -0.39 is 0 Å². The van der Waals surface area contributed by atoms with Gasteiger partial charge in [-0.15, -0.1) is 0 Å². The molecule has 0 unspecified atom stereocenters. The van der Waals surface area contributed by atoms with E-state index in [-0.39, 0.29) is 49.6 Å². The molecule has 1 aliphatic carbocycles. The number of carbonyl (C=O) groups is 2. The Bertz CT molecular complexity index is 1090. The van der Waals surface area contributed by atoms with Crippen molar-refractivity contribution in [1.29, 1.82) is 0 Å². The molecule has 10 heteroatoms. The van der Waals surface area contributed by atoms with Crippen molar-refractivity contribution >= 4 is 29.2 Å². The number of urea groups is 1. The molecule has 2 aromatic rings. The number of carbonyl (C=O) groups excluding carboxylic acids is 2. The van der Waals surface area contributed by atoms with E-state index in [0.717, 1.165) is 31.2 Å². The Morgan fingerprint density at radius 2 is 2.05 bits per heavy atom. The van der Waals surface area contributed by atoms with Crippen LogP contribution in [0.4, 0.5) is 10.5 Å². The summed E-state index contributed by atoms with van der Waals surface area (Å²) in [4.78, 5) is 31.5. The number of ether oxygens (including phenoxy) is 1. The largest absolute Gasteiger partial charge is 0.488 e. The van der Waals surface area contributed by atoms with Crippen LogP contribution >= 0.6 is 11.6 Å². The maximum absolute atomic E-state index is 13.2. The molecule has 0 radical (unpaired) electrons. The van der Waals surface area contributed by atoms with Gasteiger partial charge in [0.25, 0.3) is 0 Å². The van der Waals surface area contributed by atoms with Crippen LogP contribution in [-0.4, -0.2) is 65.3 Å². The monoisotopic (exact) mass is 543 g/mol. The van der Waals surface area contributed by atoms with Crippen LogP contribution in [0.15, 0.2) is 36.7 Å². The van der Waals surface area contributed by atoms with Gasteiger partial charge in [0.15, 0.2) is 0 Å². The number of hydrogen-bond acceptors (Lipinski definition) is 6. The second-order valence-corrected chi connectivity index (χ2v) is 10.6. The van der Waals surface area contributed by atoms with Gasteiger partial charge in [-0.2, -0.15) is 0 Å². The van der Waals surface area contributed by atoms with Crippen molar-refractivity contribution in [3.63, 3.8) is 0 Å². The topological polar surface area (TPSA) is 116 Å². The Kier molecular flexibility index (Phi) is 10.2. The van der Waals surface area contributed by atoms with Crippen LogP contribution in [0.1, 0.15) is 50.2 Å². The Labute approximate surface area is 229 Å². The minimum absolute atomic E-state index is 0.00376. The minimum atomic E-state index is -0.241. The summed E-state index contributed by atoms with van der Waals surface area (Å²) in [6.07, 6.45) is 8.70. The van der Waals surface area contributed by atoms with Crippen LogP contribution < -0.4 is 20.7 Å². The third-order valence-corrected chi connectivity index (χ3v) is 7.60. The van der Waals surface area contributed by atoms with Gasteiger partial charge in [-0.05, 0) is 42.7 Å². The Hall–Kier alpha value is -2.88. The zero-order chi connectivity index (χ0) is 26.9. The Morgan fingerprint density at radius 1 is 1.24 bits per heavy atom. The number of amides is 3. The van der Waals surface area contributed by atoms with Crippen LogP contribution in [0, 0.1) is 5.92 Å². The van der Waals surface area contributed by atoms with E-state index in [1.54, 1.807) is 23.4 Å². The SMILES string of the molecule is C[C@@H]1CN(CCO)C(=O)Cc2cc(NC(=O)NC3CCCCC3)ccc2O[C@H]1CNCc1ccncc1Cl. The molecule has 9 nitrogen and oxygen atoms in total. The van der Waals surface area contributed by atoms with E-state index in [1.165, 1.54) is 6.42 Å². The first-order valence-corrected chi connectivity index (χ1v) is 13.9. The van der Waals surface area contributed by atoms with Crippen molar-refractivity contribution in [2.75, 3.05) is 31.6 Å². The van der Waals surface area contributed by atoms with Crippen LogP contribution in [-0.2, 0) is 17.8 Å². The summed E-state index contributed by atoms with van der Waals surface area (Å²) in [5.74, 6) is 0.524. The summed E-state index contributed by atoms with van der Waals surface area (Å²) < 4.78 is 6.48. The van der Waals surface area contributed by atoms with E-state index in [0.29, 0.717) is 41.7 Å². The number of aliphatic hydroxyl groups is 1. The minimum Gasteiger partial charge on any atom is -0.488 e. The maximum Gasteiger partial charge on any atom is 0.319 e. The first-order valence-electron chi connectivity index (χ1n) is 13.5. The van der Waals surface area contributed by atoms with E-state index in [9.17, 15) is 14.7 Å². The standard InChI is InChI=1S/C28H38ClN5O4/c1-19-18-34(11-12-35)27(36)14-21-13-23(33-28(37)32-22-5-3-2-4-6-22)7-8-25(21)38-26(19)17-31-15-20-9-10-30-16-24(20)29/h7-10,13,16,19,22,26,31,35H,2-6,11-12,14-15,17-18H2,1H3,(H2,32,33,37)/t19-,26+/m1/s1. The normalized spacial score (nSPS) is 20.5. The predicted octanol–water partition coefficient (Wildman–Crippen LogP) is 3.74. The number of anilines is 1. The summed E-state index contributed by atoms with van der Waals surface area (Å²) in [6.45, 7) is 3.74. The number of aromatic nitrogens is 1.